The van der Waals surface area contributed by atoms with Gasteiger partial charge in [0.1, 0.15) is 6.07 Å². The van der Waals surface area contributed by atoms with Gasteiger partial charge in [-0.15, -0.1) is 0 Å². The molecule has 1 unspecified atom stereocenters. The van der Waals surface area contributed by atoms with Gasteiger partial charge < -0.3 is 4.90 Å². The Hall–Kier alpha value is -1.60. The summed E-state index contributed by atoms with van der Waals surface area (Å²) in [5, 5.41) is 9.14. The van der Waals surface area contributed by atoms with Gasteiger partial charge in [-0.25, -0.2) is 0 Å². The Balaban J connectivity index is 1.73. The maximum absolute atomic E-state index is 9.14. The van der Waals surface area contributed by atoms with E-state index in [0.717, 1.165) is 24.3 Å². The molecule has 2 saturated heterocycles. The lowest BCUT2D eigenvalue weighted by molar-refractivity contribution is 0.260. The molecule has 1 aromatic rings. The highest BCUT2D eigenvalue weighted by molar-refractivity contribution is 5.58. The second-order valence-corrected chi connectivity index (χ2v) is 5.14. The summed E-state index contributed by atoms with van der Waals surface area (Å²) < 4.78 is 0. The molecule has 18 heavy (non-hydrogen) atoms. The molecule has 0 aliphatic carbocycles. The van der Waals surface area contributed by atoms with Gasteiger partial charge >= 0.3 is 0 Å². The molecular formula is C14H18N4. The first kappa shape index (κ1) is 11.5. The van der Waals surface area contributed by atoms with E-state index in [9.17, 15) is 0 Å². The number of hydrogen-bond acceptors (Lipinski definition) is 4. The molecule has 0 N–H and O–H groups in total. The van der Waals surface area contributed by atoms with Gasteiger partial charge in [0.05, 0.1) is 17.4 Å². The zero-order valence-electron chi connectivity index (χ0n) is 10.5. The molecule has 3 heterocycles. The third kappa shape index (κ3) is 2.06. The van der Waals surface area contributed by atoms with Crippen LogP contribution in [0.3, 0.4) is 0 Å². The van der Waals surface area contributed by atoms with Gasteiger partial charge in [0, 0.05) is 25.3 Å². The summed E-state index contributed by atoms with van der Waals surface area (Å²) in [5.74, 6) is 0. The minimum absolute atomic E-state index is 0.666. The lowest BCUT2D eigenvalue weighted by Crippen LogP contribution is -2.35. The van der Waals surface area contributed by atoms with E-state index in [2.05, 4.69) is 20.9 Å². The van der Waals surface area contributed by atoms with Gasteiger partial charge in [0.15, 0.2) is 0 Å². The van der Waals surface area contributed by atoms with E-state index >= 15 is 0 Å². The van der Waals surface area contributed by atoms with Crippen LogP contribution in [0.1, 0.15) is 24.8 Å². The molecule has 0 radical (unpaired) electrons. The van der Waals surface area contributed by atoms with Crippen molar-refractivity contribution >= 4 is 5.69 Å². The molecule has 3 rings (SSSR count). The van der Waals surface area contributed by atoms with E-state index in [1.165, 1.54) is 32.4 Å². The second-order valence-electron chi connectivity index (χ2n) is 5.14. The number of nitrogens with zero attached hydrogens (tertiary/aromatic N) is 4. The lowest BCUT2D eigenvalue weighted by atomic mass is 10.2. The van der Waals surface area contributed by atoms with Crippen molar-refractivity contribution < 1.29 is 0 Å². The van der Waals surface area contributed by atoms with Crippen LogP contribution < -0.4 is 4.90 Å². The summed E-state index contributed by atoms with van der Waals surface area (Å²) in [6.07, 6.45) is 7.40. The number of likely N-dealkylation sites (tertiary alicyclic amines) is 1. The maximum atomic E-state index is 9.14. The summed E-state index contributed by atoms with van der Waals surface area (Å²) in [5.41, 5.74) is 1.74. The molecule has 1 atom stereocenters. The van der Waals surface area contributed by atoms with Crippen LogP contribution in [0.2, 0.25) is 0 Å². The van der Waals surface area contributed by atoms with Crippen molar-refractivity contribution in [3.63, 3.8) is 0 Å². The predicted molar refractivity (Wildman–Crippen MR) is 70.4 cm³/mol. The summed E-state index contributed by atoms with van der Waals surface area (Å²) in [6, 6.07) is 4.73. The minimum Gasteiger partial charge on any atom is -0.368 e. The van der Waals surface area contributed by atoms with Gasteiger partial charge in [-0.1, -0.05) is 0 Å². The molecule has 2 aliphatic heterocycles. The van der Waals surface area contributed by atoms with Crippen molar-refractivity contribution in [3.8, 4) is 6.07 Å². The molecule has 0 bridgehead atoms. The van der Waals surface area contributed by atoms with E-state index in [1.54, 1.807) is 12.3 Å². The fraction of sp³-hybridized carbons (Fsp3) is 0.571. The minimum atomic E-state index is 0.666. The monoisotopic (exact) mass is 242 g/mol. The normalized spacial score (nSPS) is 24.4. The Morgan fingerprint density at radius 2 is 2.11 bits per heavy atom. The second kappa shape index (κ2) is 4.95. The standard InChI is InChI=1S/C14H18N4/c15-9-12-3-5-16-10-14(12)18-8-4-13(11-18)17-6-1-2-7-17/h3,5,10,13H,1-2,4,6-8,11H2. The molecule has 2 aliphatic rings. The maximum Gasteiger partial charge on any atom is 0.101 e. The zero-order chi connectivity index (χ0) is 12.4. The smallest absolute Gasteiger partial charge is 0.101 e. The van der Waals surface area contributed by atoms with Gasteiger partial charge in [-0.2, -0.15) is 5.26 Å². The first-order valence-electron chi connectivity index (χ1n) is 6.71. The van der Waals surface area contributed by atoms with Crippen LogP contribution in [0.15, 0.2) is 18.5 Å². The Morgan fingerprint density at radius 1 is 1.28 bits per heavy atom. The highest BCUT2D eigenvalue weighted by atomic mass is 15.3. The Morgan fingerprint density at radius 3 is 2.89 bits per heavy atom. The van der Waals surface area contributed by atoms with Crippen molar-refractivity contribution in [2.24, 2.45) is 0 Å². The molecule has 0 spiro atoms. The Bertz CT molecular complexity index is 459. The zero-order valence-corrected chi connectivity index (χ0v) is 10.5. The topological polar surface area (TPSA) is 43.2 Å². The Labute approximate surface area is 108 Å². The number of pyridine rings is 1. The molecule has 0 saturated carbocycles. The number of aromatic nitrogens is 1. The highest BCUT2D eigenvalue weighted by Gasteiger charge is 2.30. The van der Waals surface area contributed by atoms with Crippen molar-refractivity contribution in [1.82, 2.24) is 9.88 Å². The Kier molecular flexibility index (Phi) is 3.16. The van der Waals surface area contributed by atoms with Crippen LogP contribution in [-0.4, -0.2) is 42.1 Å². The van der Waals surface area contributed by atoms with Crippen molar-refractivity contribution in [2.45, 2.75) is 25.3 Å². The number of hydrogen-bond donors (Lipinski definition) is 0. The third-order valence-corrected chi connectivity index (χ3v) is 4.08. The van der Waals surface area contributed by atoms with Crippen molar-refractivity contribution in [1.29, 1.82) is 5.26 Å². The summed E-state index contributed by atoms with van der Waals surface area (Å²) >= 11 is 0. The van der Waals surface area contributed by atoms with E-state index < -0.39 is 0 Å². The predicted octanol–water partition coefficient (Wildman–Crippen LogP) is 1.63. The first-order chi connectivity index (χ1) is 8.88. The van der Waals surface area contributed by atoms with Crippen LogP contribution in [0, 0.1) is 11.3 Å². The van der Waals surface area contributed by atoms with E-state index in [-0.39, 0.29) is 0 Å². The summed E-state index contributed by atoms with van der Waals surface area (Å²) in [4.78, 5) is 9.07. The fourth-order valence-corrected chi connectivity index (χ4v) is 3.10. The molecule has 4 heteroatoms. The van der Waals surface area contributed by atoms with Crippen molar-refractivity contribution in [2.75, 3.05) is 31.1 Å². The van der Waals surface area contributed by atoms with Crippen LogP contribution in [0.5, 0.6) is 0 Å². The first-order valence-corrected chi connectivity index (χ1v) is 6.71. The average molecular weight is 242 g/mol. The number of nitriles is 1. The molecule has 94 valence electrons. The summed E-state index contributed by atoms with van der Waals surface area (Å²) in [7, 11) is 0. The quantitative estimate of drug-likeness (QED) is 0.790. The SMILES string of the molecule is N#Cc1ccncc1N1CCC(N2CCCC2)C1. The van der Waals surface area contributed by atoms with Gasteiger partial charge in [-0.3, -0.25) is 9.88 Å². The number of rotatable bonds is 2. The van der Waals surface area contributed by atoms with Gasteiger partial charge in [0.25, 0.3) is 0 Å². The molecule has 1 aromatic heterocycles. The average Bonchev–Trinajstić information content (AvgIpc) is 3.09. The molecule has 0 aromatic carbocycles. The van der Waals surface area contributed by atoms with Gasteiger partial charge in [0.2, 0.25) is 0 Å². The van der Waals surface area contributed by atoms with Crippen molar-refractivity contribution in [3.05, 3.63) is 24.0 Å². The molecular weight excluding hydrogens is 224 g/mol. The van der Waals surface area contributed by atoms with E-state index in [1.807, 2.05) is 6.20 Å². The lowest BCUT2D eigenvalue weighted by Gasteiger charge is -2.24. The third-order valence-electron chi connectivity index (χ3n) is 4.08. The fourth-order valence-electron chi connectivity index (χ4n) is 3.10. The molecule has 2 fully saturated rings. The van der Waals surface area contributed by atoms with E-state index in [0.29, 0.717) is 6.04 Å². The number of anilines is 1. The van der Waals surface area contributed by atoms with E-state index in [4.69, 9.17) is 5.26 Å². The molecule has 0 amide bonds. The van der Waals surface area contributed by atoms with Crippen LogP contribution in [0.4, 0.5) is 5.69 Å². The van der Waals surface area contributed by atoms with Crippen LogP contribution >= 0.6 is 0 Å². The van der Waals surface area contributed by atoms with Crippen LogP contribution in [0.25, 0.3) is 0 Å². The molecule has 4 nitrogen and oxygen atoms in total. The van der Waals surface area contributed by atoms with Gasteiger partial charge in [-0.05, 0) is 38.4 Å². The van der Waals surface area contributed by atoms with Crippen LogP contribution in [-0.2, 0) is 0 Å². The largest absolute Gasteiger partial charge is 0.368 e. The highest BCUT2D eigenvalue weighted by Crippen LogP contribution is 2.26. The summed E-state index contributed by atoms with van der Waals surface area (Å²) in [6.45, 7) is 4.58.